The summed E-state index contributed by atoms with van der Waals surface area (Å²) >= 11 is 1.95. The Labute approximate surface area is 118 Å². The van der Waals surface area contributed by atoms with E-state index in [9.17, 15) is 14.7 Å². The third-order valence-corrected chi connectivity index (χ3v) is 5.63. The molecule has 108 valence electrons. The summed E-state index contributed by atoms with van der Waals surface area (Å²) in [4.78, 5) is 25.7. The Bertz CT molecular complexity index is 355. The van der Waals surface area contributed by atoms with Crippen LogP contribution in [0.3, 0.4) is 0 Å². The molecule has 2 heterocycles. The number of carbonyl (C=O) groups is 2. The fourth-order valence-corrected chi connectivity index (χ4v) is 4.50. The molecule has 0 aromatic rings. The zero-order valence-corrected chi connectivity index (χ0v) is 12.4. The number of carboxylic acid groups (broad SMARTS) is 1. The maximum absolute atomic E-state index is 12.4. The van der Waals surface area contributed by atoms with Gasteiger partial charge < -0.3 is 10.0 Å². The van der Waals surface area contributed by atoms with Gasteiger partial charge in [-0.1, -0.05) is 6.92 Å². The van der Waals surface area contributed by atoms with Crippen molar-refractivity contribution in [3.05, 3.63) is 0 Å². The summed E-state index contributed by atoms with van der Waals surface area (Å²) in [6, 6.07) is 0. The Hall–Kier alpha value is -0.710. The number of amides is 1. The van der Waals surface area contributed by atoms with E-state index in [1.54, 1.807) is 4.90 Å². The number of hydrogen-bond acceptors (Lipinski definition) is 3. The van der Waals surface area contributed by atoms with Crippen molar-refractivity contribution < 1.29 is 14.7 Å². The maximum Gasteiger partial charge on any atom is 0.329 e. The second kappa shape index (κ2) is 6.16. The predicted octanol–water partition coefficient (Wildman–Crippen LogP) is 2.38. The van der Waals surface area contributed by atoms with E-state index in [2.05, 4.69) is 0 Å². The van der Waals surface area contributed by atoms with Gasteiger partial charge in [0.05, 0.1) is 0 Å². The van der Waals surface area contributed by atoms with Gasteiger partial charge in [0.25, 0.3) is 0 Å². The van der Waals surface area contributed by atoms with Crippen LogP contribution < -0.4 is 0 Å². The Kier molecular flexibility index (Phi) is 4.76. The minimum Gasteiger partial charge on any atom is -0.479 e. The fraction of sp³-hybridized carbons (Fsp3) is 0.857. The average molecular weight is 285 g/mol. The van der Waals surface area contributed by atoms with Gasteiger partial charge in [0.15, 0.2) is 0 Å². The van der Waals surface area contributed by atoms with Crippen LogP contribution in [0.4, 0.5) is 0 Å². The highest BCUT2D eigenvalue weighted by Crippen LogP contribution is 2.35. The van der Waals surface area contributed by atoms with Crippen LogP contribution in [-0.4, -0.2) is 45.5 Å². The van der Waals surface area contributed by atoms with Crippen molar-refractivity contribution in [2.75, 3.05) is 18.1 Å². The Morgan fingerprint density at radius 1 is 1.37 bits per heavy atom. The lowest BCUT2D eigenvalue weighted by molar-refractivity contribution is -0.157. The number of carbonyl (C=O) groups excluding carboxylic acids is 1. The highest BCUT2D eigenvalue weighted by Gasteiger charge is 2.48. The zero-order valence-electron chi connectivity index (χ0n) is 11.6. The number of likely N-dealkylation sites (tertiary alicyclic amines) is 1. The van der Waals surface area contributed by atoms with Crippen molar-refractivity contribution in [1.29, 1.82) is 0 Å². The van der Waals surface area contributed by atoms with E-state index in [1.165, 1.54) is 0 Å². The molecule has 1 amide bonds. The van der Waals surface area contributed by atoms with Crippen LogP contribution in [0.15, 0.2) is 0 Å². The number of thioether (sulfide) groups is 1. The smallest absolute Gasteiger partial charge is 0.329 e. The largest absolute Gasteiger partial charge is 0.479 e. The molecule has 2 aliphatic rings. The lowest BCUT2D eigenvalue weighted by atomic mass is 9.91. The van der Waals surface area contributed by atoms with Gasteiger partial charge in [-0.2, -0.15) is 11.8 Å². The first-order chi connectivity index (χ1) is 9.10. The monoisotopic (exact) mass is 285 g/mol. The predicted molar refractivity (Wildman–Crippen MR) is 76.3 cm³/mol. The molecule has 0 aliphatic carbocycles. The van der Waals surface area contributed by atoms with E-state index >= 15 is 0 Å². The van der Waals surface area contributed by atoms with Crippen LogP contribution >= 0.6 is 11.8 Å². The molecule has 1 unspecified atom stereocenters. The summed E-state index contributed by atoms with van der Waals surface area (Å²) in [5, 5.41) is 9.49. The number of aliphatic carboxylic acids is 1. The van der Waals surface area contributed by atoms with Gasteiger partial charge in [0, 0.05) is 13.0 Å². The van der Waals surface area contributed by atoms with E-state index in [1.807, 2.05) is 18.7 Å². The van der Waals surface area contributed by atoms with Crippen molar-refractivity contribution in [1.82, 2.24) is 4.90 Å². The molecular weight excluding hydrogens is 262 g/mol. The van der Waals surface area contributed by atoms with E-state index in [0.29, 0.717) is 31.7 Å². The minimum absolute atomic E-state index is 0.0543. The van der Waals surface area contributed by atoms with Crippen LogP contribution in [0.25, 0.3) is 0 Å². The van der Waals surface area contributed by atoms with Crippen molar-refractivity contribution in [3.63, 3.8) is 0 Å². The SMILES string of the molecule is CCC1(C(=O)O)CCCN1C(=O)CC1CCSCC1. The molecule has 2 fully saturated rings. The summed E-state index contributed by atoms with van der Waals surface area (Å²) in [6.07, 6.45) is 4.65. The average Bonchev–Trinajstić information content (AvgIpc) is 2.85. The van der Waals surface area contributed by atoms with E-state index < -0.39 is 11.5 Å². The molecule has 0 aromatic heterocycles. The fourth-order valence-electron chi connectivity index (χ4n) is 3.29. The van der Waals surface area contributed by atoms with Crippen molar-refractivity contribution in [3.8, 4) is 0 Å². The lowest BCUT2D eigenvalue weighted by Crippen LogP contribution is -2.53. The molecule has 1 N–H and O–H groups in total. The highest BCUT2D eigenvalue weighted by molar-refractivity contribution is 7.99. The Morgan fingerprint density at radius 2 is 2.05 bits per heavy atom. The number of carboxylic acids is 1. The zero-order chi connectivity index (χ0) is 13.9. The second-order valence-corrected chi connectivity index (χ2v) is 6.82. The third kappa shape index (κ3) is 2.91. The molecular formula is C14H23NO3S. The molecule has 1 atom stereocenters. The third-order valence-electron chi connectivity index (χ3n) is 4.58. The lowest BCUT2D eigenvalue weighted by Gasteiger charge is -2.35. The van der Waals surface area contributed by atoms with E-state index in [-0.39, 0.29) is 5.91 Å². The summed E-state index contributed by atoms with van der Waals surface area (Å²) in [5.74, 6) is 1.95. The molecule has 2 aliphatic heterocycles. The normalized spacial score (nSPS) is 28.6. The Balaban J connectivity index is 2.02. The van der Waals surface area contributed by atoms with Gasteiger partial charge in [-0.3, -0.25) is 4.79 Å². The molecule has 0 bridgehead atoms. The molecule has 0 aromatic carbocycles. The summed E-state index contributed by atoms with van der Waals surface area (Å²) in [5.41, 5.74) is -0.930. The number of rotatable bonds is 4. The first kappa shape index (κ1) is 14.7. The standard InChI is InChI=1S/C14H23NO3S/c1-2-14(13(17)18)6-3-7-15(14)12(16)10-11-4-8-19-9-5-11/h11H,2-10H2,1H3,(H,17,18). The molecule has 4 nitrogen and oxygen atoms in total. The van der Waals surface area contributed by atoms with Gasteiger partial charge in [0.1, 0.15) is 5.54 Å². The van der Waals surface area contributed by atoms with Gasteiger partial charge >= 0.3 is 5.97 Å². The van der Waals surface area contributed by atoms with Crippen molar-refractivity contribution >= 4 is 23.6 Å². The molecule has 2 rings (SSSR count). The van der Waals surface area contributed by atoms with Crippen LogP contribution in [-0.2, 0) is 9.59 Å². The van der Waals surface area contributed by atoms with Crippen LogP contribution in [0.2, 0.25) is 0 Å². The molecule has 2 saturated heterocycles. The van der Waals surface area contributed by atoms with Crippen molar-refractivity contribution in [2.24, 2.45) is 5.92 Å². The summed E-state index contributed by atoms with van der Waals surface area (Å²) in [6.45, 7) is 2.48. The minimum atomic E-state index is -0.930. The quantitative estimate of drug-likeness (QED) is 0.861. The van der Waals surface area contributed by atoms with Crippen LogP contribution in [0, 0.1) is 5.92 Å². The number of nitrogens with zero attached hydrogens (tertiary/aromatic N) is 1. The van der Waals surface area contributed by atoms with Gasteiger partial charge in [-0.15, -0.1) is 0 Å². The molecule has 0 spiro atoms. The summed E-state index contributed by atoms with van der Waals surface area (Å²) in [7, 11) is 0. The topological polar surface area (TPSA) is 57.6 Å². The van der Waals surface area contributed by atoms with Crippen molar-refractivity contribution in [2.45, 2.75) is 51.0 Å². The van der Waals surface area contributed by atoms with Crippen LogP contribution in [0.1, 0.15) is 45.4 Å². The van der Waals surface area contributed by atoms with Gasteiger partial charge in [0.2, 0.25) is 5.91 Å². The number of hydrogen-bond donors (Lipinski definition) is 1. The van der Waals surface area contributed by atoms with Gasteiger partial charge in [-0.05, 0) is 49.5 Å². The maximum atomic E-state index is 12.4. The first-order valence-corrected chi connectivity index (χ1v) is 8.37. The Morgan fingerprint density at radius 3 is 2.63 bits per heavy atom. The van der Waals surface area contributed by atoms with Crippen LogP contribution in [0.5, 0.6) is 0 Å². The van der Waals surface area contributed by atoms with Gasteiger partial charge in [-0.25, -0.2) is 4.79 Å². The summed E-state index contributed by atoms with van der Waals surface area (Å²) < 4.78 is 0. The highest BCUT2D eigenvalue weighted by atomic mass is 32.2. The first-order valence-electron chi connectivity index (χ1n) is 7.22. The molecule has 19 heavy (non-hydrogen) atoms. The van der Waals surface area contributed by atoms with E-state index in [4.69, 9.17) is 0 Å². The van der Waals surface area contributed by atoms with E-state index in [0.717, 1.165) is 30.8 Å². The molecule has 0 radical (unpaired) electrons. The molecule has 5 heteroatoms. The second-order valence-electron chi connectivity index (χ2n) is 5.60. The molecule has 0 saturated carbocycles.